The van der Waals surface area contributed by atoms with Crippen molar-refractivity contribution in [1.82, 2.24) is 0 Å². The van der Waals surface area contributed by atoms with Gasteiger partial charge in [-0.05, 0) is 30.7 Å². The van der Waals surface area contributed by atoms with Gasteiger partial charge >= 0.3 is 0 Å². The fraction of sp³-hybridized carbons (Fsp3) is 0.231. The van der Waals surface area contributed by atoms with Crippen LogP contribution in [0.5, 0.6) is 5.75 Å². The highest BCUT2D eigenvalue weighted by Crippen LogP contribution is 2.31. The van der Waals surface area contributed by atoms with Crippen molar-refractivity contribution in [1.29, 1.82) is 0 Å². The molecule has 0 fully saturated rings. The first-order valence-electron chi connectivity index (χ1n) is 5.18. The molecule has 0 spiro atoms. The second-order valence-corrected chi connectivity index (χ2v) is 4.93. The largest absolute Gasteiger partial charge is 0.496 e. The molecule has 2 rings (SSSR count). The normalized spacial score (nSPS) is 10.4. The van der Waals surface area contributed by atoms with E-state index in [1.54, 1.807) is 18.4 Å². The zero-order valence-electron chi connectivity index (χ0n) is 9.49. The first-order valence-corrected chi connectivity index (χ1v) is 6.00. The quantitative estimate of drug-likeness (QED) is 0.883. The average molecular weight is 233 g/mol. The van der Waals surface area contributed by atoms with Crippen LogP contribution < -0.4 is 10.5 Å². The predicted molar refractivity (Wildman–Crippen MR) is 68.9 cm³/mol. The van der Waals surface area contributed by atoms with Gasteiger partial charge in [0, 0.05) is 21.9 Å². The third-order valence-corrected chi connectivity index (χ3v) is 3.58. The second-order valence-electron chi connectivity index (χ2n) is 3.64. The molecule has 0 atom stereocenters. The number of benzene rings is 1. The number of hydrogen-bond acceptors (Lipinski definition) is 3. The highest BCUT2D eigenvalue weighted by molar-refractivity contribution is 7.15. The molecule has 2 aromatic rings. The molecule has 0 saturated carbocycles. The molecular formula is C13H15NOS. The Kier molecular flexibility index (Phi) is 3.27. The smallest absolute Gasteiger partial charge is 0.123 e. The molecule has 84 valence electrons. The van der Waals surface area contributed by atoms with Crippen molar-refractivity contribution in [2.24, 2.45) is 5.73 Å². The van der Waals surface area contributed by atoms with Crippen LogP contribution in [0.3, 0.4) is 0 Å². The van der Waals surface area contributed by atoms with Crippen LogP contribution in [0.15, 0.2) is 30.3 Å². The lowest BCUT2D eigenvalue weighted by Crippen LogP contribution is -1.99. The third-order valence-electron chi connectivity index (χ3n) is 2.53. The molecule has 2 nitrogen and oxygen atoms in total. The van der Waals surface area contributed by atoms with Crippen LogP contribution in [0, 0.1) is 6.92 Å². The maximum Gasteiger partial charge on any atom is 0.123 e. The van der Waals surface area contributed by atoms with Crippen LogP contribution in [0.4, 0.5) is 0 Å². The summed E-state index contributed by atoms with van der Waals surface area (Å²) in [7, 11) is 1.68. The minimum Gasteiger partial charge on any atom is -0.496 e. The van der Waals surface area contributed by atoms with E-state index in [1.807, 2.05) is 12.1 Å². The Hall–Kier alpha value is -1.32. The Morgan fingerprint density at radius 3 is 2.62 bits per heavy atom. The molecule has 3 heteroatoms. The van der Waals surface area contributed by atoms with Gasteiger partial charge in [0.05, 0.1) is 7.11 Å². The fourth-order valence-corrected chi connectivity index (χ4v) is 2.52. The molecule has 0 amide bonds. The highest BCUT2D eigenvalue weighted by atomic mass is 32.1. The Morgan fingerprint density at radius 1 is 1.25 bits per heavy atom. The van der Waals surface area contributed by atoms with E-state index in [9.17, 15) is 0 Å². The van der Waals surface area contributed by atoms with Crippen molar-refractivity contribution in [2.75, 3.05) is 7.11 Å². The third kappa shape index (κ3) is 2.10. The molecule has 2 N–H and O–H groups in total. The van der Waals surface area contributed by atoms with Gasteiger partial charge in [-0.15, -0.1) is 11.3 Å². The number of methoxy groups -OCH3 is 1. The van der Waals surface area contributed by atoms with Gasteiger partial charge in [-0.1, -0.05) is 12.1 Å². The molecule has 0 aliphatic carbocycles. The van der Waals surface area contributed by atoms with Crippen molar-refractivity contribution in [3.8, 4) is 16.2 Å². The summed E-state index contributed by atoms with van der Waals surface area (Å²) in [6.07, 6.45) is 0. The van der Waals surface area contributed by atoms with Crippen molar-refractivity contribution in [3.05, 3.63) is 40.8 Å². The number of ether oxygens (including phenoxy) is 1. The zero-order valence-corrected chi connectivity index (χ0v) is 10.3. The SMILES string of the molecule is COc1cc(-c2ccc(C)s2)ccc1CN. The van der Waals surface area contributed by atoms with Gasteiger partial charge < -0.3 is 10.5 Å². The first-order chi connectivity index (χ1) is 7.74. The fourth-order valence-electron chi connectivity index (χ4n) is 1.66. The van der Waals surface area contributed by atoms with Gasteiger partial charge in [-0.3, -0.25) is 0 Å². The molecule has 16 heavy (non-hydrogen) atoms. The van der Waals surface area contributed by atoms with E-state index in [0.717, 1.165) is 11.3 Å². The maximum absolute atomic E-state index is 5.64. The monoisotopic (exact) mass is 233 g/mol. The van der Waals surface area contributed by atoms with E-state index in [4.69, 9.17) is 10.5 Å². The lowest BCUT2D eigenvalue weighted by atomic mass is 10.1. The predicted octanol–water partition coefficient (Wildman–Crippen LogP) is 3.19. The Labute approximate surface area is 99.7 Å². The van der Waals surface area contributed by atoms with Gasteiger partial charge in [0.1, 0.15) is 5.75 Å². The maximum atomic E-state index is 5.64. The van der Waals surface area contributed by atoms with Gasteiger partial charge in [-0.25, -0.2) is 0 Å². The molecule has 0 saturated heterocycles. The van der Waals surface area contributed by atoms with Crippen LogP contribution >= 0.6 is 11.3 Å². The Balaban J connectivity index is 2.43. The van der Waals surface area contributed by atoms with E-state index >= 15 is 0 Å². The van der Waals surface area contributed by atoms with Crippen molar-refractivity contribution < 1.29 is 4.74 Å². The van der Waals surface area contributed by atoms with E-state index in [1.165, 1.54) is 15.3 Å². The molecule has 0 unspecified atom stereocenters. The average Bonchev–Trinajstić information content (AvgIpc) is 2.75. The highest BCUT2D eigenvalue weighted by Gasteiger charge is 2.05. The summed E-state index contributed by atoms with van der Waals surface area (Å²) < 4.78 is 5.33. The number of nitrogens with two attached hydrogens (primary N) is 1. The van der Waals surface area contributed by atoms with Crippen LogP contribution in [0.1, 0.15) is 10.4 Å². The lowest BCUT2D eigenvalue weighted by molar-refractivity contribution is 0.410. The molecule has 0 aliphatic heterocycles. The van der Waals surface area contributed by atoms with Gasteiger partial charge in [-0.2, -0.15) is 0 Å². The summed E-state index contributed by atoms with van der Waals surface area (Å²) in [5.74, 6) is 0.867. The number of thiophene rings is 1. The van der Waals surface area contributed by atoms with Crippen LogP contribution in [0.25, 0.3) is 10.4 Å². The first kappa shape index (κ1) is 11.2. The molecule has 0 radical (unpaired) electrons. The lowest BCUT2D eigenvalue weighted by Gasteiger charge is -2.08. The van der Waals surface area contributed by atoms with Crippen molar-refractivity contribution in [3.63, 3.8) is 0 Å². The van der Waals surface area contributed by atoms with Crippen molar-refractivity contribution in [2.45, 2.75) is 13.5 Å². The van der Waals surface area contributed by atoms with Crippen molar-refractivity contribution >= 4 is 11.3 Å². The Bertz CT molecular complexity index is 490. The number of hydrogen-bond donors (Lipinski definition) is 1. The van der Waals surface area contributed by atoms with E-state index in [0.29, 0.717) is 6.54 Å². The molecule has 1 aromatic carbocycles. The second kappa shape index (κ2) is 4.68. The molecule has 1 aromatic heterocycles. The molecule has 1 heterocycles. The minimum absolute atomic E-state index is 0.507. The summed E-state index contributed by atoms with van der Waals surface area (Å²) in [5.41, 5.74) is 7.87. The van der Waals surface area contributed by atoms with Crippen LogP contribution in [0.2, 0.25) is 0 Å². The summed E-state index contributed by atoms with van der Waals surface area (Å²) in [5, 5.41) is 0. The van der Waals surface area contributed by atoms with Gasteiger partial charge in [0.25, 0.3) is 0 Å². The topological polar surface area (TPSA) is 35.2 Å². The van der Waals surface area contributed by atoms with Gasteiger partial charge in [0.15, 0.2) is 0 Å². The number of aryl methyl sites for hydroxylation is 1. The standard InChI is InChI=1S/C13H15NOS/c1-9-3-6-13(16-9)10-4-5-11(8-14)12(7-10)15-2/h3-7H,8,14H2,1-2H3. The van der Waals surface area contributed by atoms with E-state index in [2.05, 4.69) is 25.1 Å². The van der Waals surface area contributed by atoms with E-state index < -0.39 is 0 Å². The van der Waals surface area contributed by atoms with Gasteiger partial charge in [0.2, 0.25) is 0 Å². The summed E-state index contributed by atoms with van der Waals surface area (Å²) in [4.78, 5) is 2.58. The summed E-state index contributed by atoms with van der Waals surface area (Å²) in [6.45, 7) is 2.62. The Morgan fingerprint density at radius 2 is 2.06 bits per heavy atom. The number of rotatable bonds is 3. The molecule has 0 bridgehead atoms. The zero-order chi connectivity index (χ0) is 11.5. The van der Waals surface area contributed by atoms with E-state index in [-0.39, 0.29) is 0 Å². The van der Waals surface area contributed by atoms with Crippen LogP contribution in [-0.4, -0.2) is 7.11 Å². The summed E-state index contributed by atoms with van der Waals surface area (Å²) in [6, 6.07) is 10.4. The minimum atomic E-state index is 0.507. The van der Waals surface area contributed by atoms with Crippen LogP contribution in [-0.2, 0) is 6.54 Å². The molecular weight excluding hydrogens is 218 g/mol. The molecule has 0 aliphatic rings. The summed E-state index contributed by atoms with van der Waals surface area (Å²) >= 11 is 1.79.